The highest BCUT2D eigenvalue weighted by Gasteiger charge is 2.08. The van der Waals surface area contributed by atoms with Crippen LogP contribution in [0.2, 0.25) is 0 Å². The van der Waals surface area contributed by atoms with Crippen molar-refractivity contribution in [2.75, 3.05) is 19.6 Å². The molecule has 0 saturated heterocycles. The van der Waals surface area contributed by atoms with Gasteiger partial charge in [-0.05, 0) is 30.8 Å². The minimum atomic E-state index is -0.105. The van der Waals surface area contributed by atoms with Gasteiger partial charge >= 0.3 is 0 Å². The van der Waals surface area contributed by atoms with Crippen LogP contribution >= 0.6 is 15.9 Å². The maximum atomic E-state index is 11.9. The number of aromatic nitrogens is 2. The molecular formula is C14H17BrN4O. The zero-order valence-corrected chi connectivity index (χ0v) is 12.9. The first kappa shape index (κ1) is 14.7. The van der Waals surface area contributed by atoms with Gasteiger partial charge in [-0.15, -0.1) is 0 Å². The molecule has 0 radical (unpaired) electrons. The number of likely N-dealkylation sites (N-methyl/N-ethyl adjacent to an activating group) is 1. The number of halogens is 1. The first-order chi connectivity index (χ1) is 9.70. The van der Waals surface area contributed by atoms with E-state index in [4.69, 9.17) is 0 Å². The summed E-state index contributed by atoms with van der Waals surface area (Å²) in [5.41, 5.74) is 1.48. The van der Waals surface area contributed by atoms with Crippen molar-refractivity contribution in [3.05, 3.63) is 46.7 Å². The lowest BCUT2D eigenvalue weighted by Crippen LogP contribution is -2.31. The summed E-state index contributed by atoms with van der Waals surface area (Å²) < 4.78 is 2.70. The molecule has 0 saturated carbocycles. The average Bonchev–Trinajstić information content (AvgIpc) is 2.94. The number of hydrogen-bond donors (Lipinski definition) is 2. The van der Waals surface area contributed by atoms with E-state index in [-0.39, 0.29) is 5.91 Å². The third-order valence-corrected chi connectivity index (χ3v) is 3.30. The Balaban J connectivity index is 1.98. The van der Waals surface area contributed by atoms with Crippen molar-refractivity contribution in [2.24, 2.45) is 0 Å². The van der Waals surface area contributed by atoms with Crippen molar-refractivity contribution >= 4 is 21.8 Å². The molecule has 0 aliphatic heterocycles. The number of carbonyl (C=O) groups is 1. The molecule has 6 heteroatoms. The summed E-state index contributed by atoms with van der Waals surface area (Å²) in [6, 6.07) is 7.74. The highest BCUT2D eigenvalue weighted by Crippen LogP contribution is 2.13. The predicted octanol–water partition coefficient (Wildman–Crippen LogP) is 1.97. The molecule has 1 amide bonds. The minimum Gasteiger partial charge on any atom is -0.351 e. The van der Waals surface area contributed by atoms with E-state index >= 15 is 0 Å². The van der Waals surface area contributed by atoms with Crippen molar-refractivity contribution in [2.45, 2.75) is 6.92 Å². The second kappa shape index (κ2) is 7.21. The Morgan fingerprint density at radius 3 is 2.75 bits per heavy atom. The lowest BCUT2D eigenvalue weighted by molar-refractivity contribution is 0.0954. The van der Waals surface area contributed by atoms with Gasteiger partial charge in [-0.25, -0.2) is 4.68 Å². The fourth-order valence-electron chi connectivity index (χ4n) is 1.72. The summed E-state index contributed by atoms with van der Waals surface area (Å²) in [6.45, 7) is 4.31. The van der Waals surface area contributed by atoms with Gasteiger partial charge < -0.3 is 10.6 Å². The van der Waals surface area contributed by atoms with Crippen LogP contribution < -0.4 is 10.6 Å². The Morgan fingerprint density at radius 1 is 1.30 bits per heavy atom. The predicted molar refractivity (Wildman–Crippen MR) is 82.1 cm³/mol. The van der Waals surface area contributed by atoms with Crippen LogP contribution in [0.5, 0.6) is 0 Å². The average molecular weight is 337 g/mol. The molecule has 0 atom stereocenters. The van der Waals surface area contributed by atoms with Gasteiger partial charge in [0.15, 0.2) is 0 Å². The highest BCUT2D eigenvalue weighted by molar-refractivity contribution is 9.10. The third-order valence-electron chi connectivity index (χ3n) is 2.77. The van der Waals surface area contributed by atoms with E-state index in [9.17, 15) is 4.79 Å². The second-order valence-corrected chi connectivity index (χ2v) is 5.18. The Hall–Kier alpha value is -1.66. The van der Waals surface area contributed by atoms with Crippen molar-refractivity contribution in [1.82, 2.24) is 20.4 Å². The molecule has 1 aromatic carbocycles. The van der Waals surface area contributed by atoms with Gasteiger partial charge in [-0.3, -0.25) is 4.79 Å². The normalized spacial score (nSPS) is 10.5. The first-order valence-corrected chi connectivity index (χ1v) is 7.29. The quantitative estimate of drug-likeness (QED) is 0.793. The summed E-state index contributed by atoms with van der Waals surface area (Å²) in [4.78, 5) is 11.9. The van der Waals surface area contributed by atoms with E-state index in [1.54, 1.807) is 17.1 Å². The molecule has 1 aromatic heterocycles. The van der Waals surface area contributed by atoms with E-state index in [1.165, 1.54) is 0 Å². The molecule has 0 fully saturated rings. The summed E-state index contributed by atoms with van der Waals surface area (Å²) in [6.07, 6.45) is 3.30. The molecule has 1 heterocycles. The Kier molecular flexibility index (Phi) is 5.31. The minimum absolute atomic E-state index is 0.105. The topological polar surface area (TPSA) is 58.9 Å². The summed E-state index contributed by atoms with van der Waals surface area (Å²) in [5.74, 6) is -0.105. The largest absolute Gasteiger partial charge is 0.351 e. The van der Waals surface area contributed by atoms with Crippen LogP contribution in [0.1, 0.15) is 17.3 Å². The molecule has 106 valence electrons. The van der Waals surface area contributed by atoms with Crippen LogP contribution in [0.15, 0.2) is 41.1 Å². The van der Waals surface area contributed by atoms with Crippen LogP contribution in [-0.2, 0) is 0 Å². The van der Waals surface area contributed by atoms with E-state index in [0.717, 1.165) is 23.2 Å². The van der Waals surface area contributed by atoms with Crippen LogP contribution in [0.25, 0.3) is 5.69 Å². The van der Waals surface area contributed by atoms with Gasteiger partial charge in [0.2, 0.25) is 0 Å². The summed E-state index contributed by atoms with van der Waals surface area (Å²) >= 11 is 3.39. The van der Waals surface area contributed by atoms with Crippen LogP contribution in [0, 0.1) is 0 Å². The third kappa shape index (κ3) is 3.91. The monoisotopic (exact) mass is 336 g/mol. The molecule has 0 spiro atoms. The van der Waals surface area contributed by atoms with Crippen molar-refractivity contribution in [3.63, 3.8) is 0 Å². The standard InChI is InChI=1S/C14H17BrN4O/c1-2-16-7-8-17-14(20)11-9-18-19(10-11)13-5-3-12(15)4-6-13/h3-6,9-10,16H,2,7-8H2,1H3,(H,17,20). The zero-order chi connectivity index (χ0) is 14.4. The molecule has 0 bridgehead atoms. The molecule has 2 aromatic rings. The van der Waals surface area contributed by atoms with E-state index < -0.39 is 0 Å². The second-order valence-electron chi connectivity index (χ2n) is 4.26. The molecule has 5 nitrogen and oxygen atoms in total. The van der Waals surface area contributed by atoms with E-state index in [0.29, 0.717) is 12.1 Å². The maximum Gasteiger partial charge on any atom is 0.254 e. The number of nitrogens with one attached hydrogen (secondary N) is 2. The first-order valence-electron chi connectivity index (χ1n) is 6.50. The molecule has 0 unspecified atom stereocenters. The summed E-state index contributed by atoms with van der Waals surface area (Å²) in [7, 11) is 0. The Morgan fingerprint density at radius 2 is 2.05 bits per heavy atom. The number of rotatable bonds is 6. The van der Waals surface area contributed by atoms with Gasteiger partial charge in [0.05, 0.1) is 17.4 Å². The number of nitrogens with zero attached hydrogens (tertiary/aromatic N) is 2. The van der Waals surface area contributed by atoms with Crippen LogP contribution in [-0.4, -0.2) is 35.3 Å². The molecule has 0 aliphatic carbocycles. The summed E-state index contributed by atoms with van der Waals surface area (Å²) in [5, 5.41) is 10.2. The van der Waals surface area contributed by atoms with Gasteiger partial charge in [-0.1, -0.05) is 22.9 Å². The van der Waals surface area contributed by atoms with Crippen molar-refractivity contribution < 1.29 is 4.79 Å². The number of carbonyl (C=O) groups excluding carboxylic acids is 1. The van der Waals surface area contributed by atoms with E-state index in [1.807, 2.05) is 31.2 Å². The molecule has 20 heavy (non-hydrogen) atoms. The van der Waals surface area contributed by atoms with Crippen LogP contribution in [0.4, 0.5) is 0 Å². The van der Waals surface area contributed by atoms with Gasteiger partial charge in [0.25, 0.3) is 5.91 Å². The zero-order valence-electron chi connectivity index (χ0n) is 11.3. The SMILES string of the molecule is CCNCCNC(=O)c1cnn(-c2ccc(Br)cc2)c1. The lowest BCUT2D eigenvalue weighted by atomic mass is 10.3. The van der Waals surface area contributed by atoms with Crippen LogP contribution in [0.3, 0.4) is 0 Å². The number of hydrogen-bond acceptors (Lipinski definition) is 3. The van der Waals surface area contributed by atoms with Gasteiger partial charge in [0, 0.05) is 23.8 Å². The Labute approximate surface area is 126 Å². The highest BCUT2D eigenvalue weighted by atomic mass is 79.9. The van der Waals surface area contributed by atoms with Gasteiger partial charge in [-0.2, -0.15) is 5.10 Å². The fraction of sp³-hybridized carbons (Fsp3) is 0.286. The van der Waals surface area contributed by atoms with E-state index in [2.05, 4.69) is 31.7 Å². The Bertz CT molecular complexity index is 565. The molecule has 2 rings (SSSR count). The number of amides is 1. The molecule has 0 aliphatic rings. The maximum absolute atomic E-state index is 11.9. The lowest BCUT2D eigenvalue weighted by Gasteiger charge is -2.03. The van der Waals surface area contributed by atoms with Crippen molar-refractivity contribution in [1.29, 1.82) is 0 Å². The molecule has 2 N–H and O–H groups in total. The fourth-order valence-corrected chi connectivity index (χ4v) is 1.98. The van der Waals surface area contributed by atoms with Gasteiger partial charge in [0.1, 0.15) is 0 Å². The number of benzene rings is 1. The smallest absolute Gasteiger partial charge is 0.254 e. The molecular weight excluding hydrogens is 320 g/mol. The van der Waals surface area contributed by atoms with Crippen molar-refractivity contribution in [3.8, 4) is 5.69 Å².